The van der Waals surface area contributed by atoms with Crippen molar-refractivity contribution in [2.45, 2.75) is 20.1 Å². The summed E-state index contributed by atoms with van der Waals surface area (Å²) < 4.78 is 7.68. The van der Waals surface area contributed by atoms with E-state index in [9.17, 15) is 5.11 Å². The Morgan fingerprint density at radius 3 is 2.71 bits per heavy atom. The third-order valence-corrected chi connectivity index (χ3v) is 4.12. The predicted octanol–water partition coefficient (Wildman–Crippen LogP) is 4.15. The number of aryl methyl sites for hydroxylation is 1. The van der Waals surface area contributed by atoms with E-state index < -0.39 is 0 Å². The second kappa shape index (κ2) is 5.98. The van der Waals surface area contributed by atoms with Gasteiger partial charge in [-0.25, -0.2) is 0 Å². The van der Waals surface area contributed by atoms with Crippen LogP contribution in [0.5, 0.6) is 0 Å². The Kier molecular flexibility index (Phi) is 3.67. The molecule has 0 unspecified atom stereocenters. The molecule has 0 fully saturated rings. The normalized spacial score (nSPS) is 11.2. The van der Waals surface area contributed by atoms with E-state index in [0.29, 0.717) is 18.1 Å². The van der Waals surface area contributed by atoms with Crippen LogP contribution < -0.4 is 0 Å². The lowest BCUT2D eigenvalue weighted by Gasteiger charge is -2.04. The van der Waals surface area contributed by atoms with Gasteiger partial charge in [0.05, 0.1) is 12.1 Å². The summed E-state index contributed by atoms with van der Waals surface area (Å²) in [6.45, 7) is 2.69. The first-order valence-corrected chi connectivity index (χ1v) is 7.95. The summed E-state index contributed by atoms with van der Waals surface area (Å²) in [5.74, 6) is 1.22. The highest BCUT2D eigenvalue weighted by Crippen LogP contribution is 2.29. The fraction of sp³-hybridized carbons (Fsp3) is 0.150. The number of nitrogens with zero attached hydrogens (tertiary/aromatic N) is 2. The van der Waals surface area contributed by atoms with Crippen molar-refractivity contribution in [2.24, 2.45) is 0 Å². The molecule has 2 aromatic carbocycles. The van der Waals surface area contributed by atoms with Gasteiger partial charge in [-0.1, -0.05) is 48.0 Å². The van der Waals surface area contributed by atoms with Crippen LogP contribution in [0.1, 0.15) is 16.9 Å². The molecule has 4 rings (SSSR count). The second-order valence-corrected chi connectivity index (χ2v) is 5.94. The molecule has 0 aliphatic carbocycles. The molecule has 4 aromatic rings. The monoisotopic (exact) mass is 318 g/mol. The first kappa shape index (κ1) is 14.7. The van der Waals surface area contributed by atoms with Crippen molar-refractivity contribution in [2.75, 3.05) is 0 Å². The number of hydrogen-bond acceptors (Lipinski definition) is 3. The minimum absolute atomic E-state index is 0.109. The molecule has 24 heavy (non-hydrogen) atoms. The molecule has 4 heteroatoms. The molecule has 0 amide bonds. The maximum absolute atomic E-state index is 9.22. The Morgan fingerprint density at radius 2 is 1.92 bits per heavy atom. The maximum Gasteiger partial charge on any atom is 0.155 e. The van der Waals surface area contributed by atoms with Gasteiger partial charge in [0.25, 0.3) is 0 Å². The van der Waals surface area contributed by atoms with E-state index in [1.807, 2.05) is 28.9 Å². The summed E-state index contributed by atoms with van der Waals surface area (Å²) in [5.41, 5.74) is 4.32. The highest BCUT2D eigenvalue weighted by molar-refractivity contribution is 5.92. The van der Waals surface area contributed by atoms with Crippen LogP contribution in [0.15, 0.2) is 65.1 Å². The molecule has 1 N–H and O–H groups in total. The zero-order chi connectivity index (χ0) is 16.5. The third-order valence-electron chi connectivity index (χ3n) is 4.12. The van der Waals surface area contributed by atoms with E-state index in [2.05, 4.69) is 37.3 Å². The highest BCUT2D eigenvalue weighted by Gasteiger charge is 2.15. The van der Waals surface area contributed by atoms with Crippen molar-refractivity contribution in [3.63, 3.8) is 0 Å². The lowest BCUT2D eigenvalue weighted by molar-refractivity contribution is 0.248. The molecule has 4 nitrogen and oxygen atoms in total. The number of fused-ring (bicyclic) bond motifs is 1. The van der Waals surface area contributed by atoms with Gasteiger partial charge >= 0.3 is 0 Å². The van der Waals surface area contributed by atoms with Crippen molar-refractivity contribution >= 4 is 10.9 Å². The van der Waals surface area contributed by atoms with Crippen molar-refractivity contribution in [1.82, 2.24) is 9.78 Å². The third kappa shape index (κ3) is 2.61. The molecule has 0 spiro atoms. The van der Waals surface area contributed by atoms with Crippen LogP contribution in [-0.2, 0) is 13.2 Å². The first-order chi connectivity index (χ1) is 11.7. The zero-order valence-electron chi connectivity index (χ0n) is 13.4. The van der Waals surface area contributed by atoms with E-state index in [1.54, 1.807) is 6.07 Å². The summed E-state index contributed by atoms with van der Waals surface area (Å²) in [6.07, 6.45) is 0. The van der Waals surface area contributed by atoms with Crippen LogP contribution in [0.25, 0.3) is 22.4 Å². The topological polar surface area (TPSA) is 51.2 Å². The molecule has 0 bridgehead atoms. The largest absolute Gasteiger partial charge is 0.457 e. The van der Waals surface area contributed by atoms with Gasteiger partial charge in [0.2, 0.25) is 0 Å². The molecule has 0 aliphatic heterocycles. The number of aromatic nitrogens is 2. The summed E-state index contributed by atoms with van der Waals surface area (Å²) in [5, 5.41) is 15.0. The number of para-hydroxylation sites is 1. The lowest BCUT2D eigenvalue weighted by atomic mass is 10.1. The van der Waals surface area contributed by atoms with E-state index in [1.165, 1.54) is 11.1 Å². The molecular weight excluding hydrogens is 300 g/mol. The lowest BCUT2D eigenvalue weighted by Crippen LogP contribution is -2.01. The van der Waals surface area contributed by atoms with Gasteiger partial charge in [0.15, 0.2) is 5.76 Å². The van der Waals surface area contributed by atoms with Crippen molar-refractivity contribution < 1.29 is 9.52 Å². The summed E-state index contributed by atoms with van der Waals surface area (Å²) >= 11 is 0. The van der Waals surface area contributed by atoms with Crippen LogP contribution in [0.2, 0.25) is 0 Å². The molecule has 0 aliphatic rings. The van der Waals surface area contributed by atoms with Gasteiger partial charge in [0, 0.05) is 5.39 Å². The first-order valence-electron chi connectivity index (χ1n) is 7.95. The van der Waals surface area contributed by atoms with Crippen LogP contribution in [0.3, 0.4) is 0 Å². The minimum Gasteiger partial charge on any atom is -0.457 e. The molecule has 2 aromatic heterocycles. The second-order valence-electron chi connectivity index (χ2n) is 5.94. The maximum atomic E-state index is 9.22. The minimum atomic E-state index is -0.109. The highest BCUT2D eigenvalue weighted by atomic mass is 16.4. The summed E-state index contributed by atoms with van der Waals surface area (Å²) in [4.78, 5) is 0. The van der Waals surface area contributed by atoms with Gasteiger partial charge in [-0.2, -0.15) is 5.10 Å². The molecular formula is C20H18N2O2. The number of rotatable bonds is 4. The number of furan rings is 1. The molecule has 120 valence electrons. The Morgan fingerprint density at radius 1 is 1.04 bits per heavy atom. The van der Waals surface area contributed by atoms with E-state index in [0.717, 1.165) is 16.6 Å². The Hall–Kier alpha value is -2.85. The van der Waals surface area contributed by atoms with Gasteiger partial charge in [0.1, 0.15) is 18.1 Å². The standard InChI is InChI=1S/C20H18N2O2/c1-14-5-4-6-15(11-14)12-22-18-8-3-2-7-17(18)20(21-22)19-10-9-16(13-23)24-19/h2-11,23H,12-13H2,1H3. The average Bonchev–Trinajstić information content (AvgIpc) is 3.20. The van der Waals surface area contributed by atoms with Crippen molar-refractivity contribution in [3.8, 4) is 11.5 Å². The van der Waals surface area contributed by atoms with Crippen LogP contribution in [0.4, 0.5) is 0 Å². The molecule has 0 radical (unpaired) electrons. The average molecular weight is 318 g/mol. The zero-order valence-corrected chi connectivity index (χ0v) is 13.4. The van der Waals surface area contributed by atoms with Crippen molar-refractivity contribution in [3.05, 3.63) is 77.6 Å². The van der Waals surface area contributed by atoms with Gasteiger partial charge < -0.3 is 9.52 Å². The predicted molar refractivity (Wildman–Crippen MR) is 93.6 cm³/mol. The number of hydrogen-bond donors (Lipinski definition) is 1. The van der Waals surface area contributed by atoms with E-state index in [4.69, 9.17) is 9.52 Å². The SMILES string of the molecule is Cc1cccc(Cn2nc(-c3ccc(CO)o3)c3ccccc32)c1. The van der Waals surface area contributed by atoms with Crippen LogP contribution >= 0.6 is 0 Å². The Balaban J connectivity index is 1.82. The fourth-order valence-electron chi connectivity index (χ4n) is 3.00. The van der Waals surface area contributed by atoms with Gasteiger partial charge in [-0.05, 0) is 30.7 Å². The van der Waals surface area contributed by atoms with Crippen LogP contribution in [0, 0.1) is 6.92 Å². The van der Waals surface area contributed by atoms with Crippen LogP contribution in [-0.4, -0.2) is 14.9 Å². The van der Waals surface area contributed by atoms with E-state index >= 15 is 0 Å². The Bertz CT molecular complexity index is 998. The number of benzene rings is 2. The molecule has 0 saturated heterocycles. The van der Waals surface area contributed by atoms with Crippen molar-refractivity contribution in [1.29, 1.82) is 0 Å². The molecule has 0 atom stereocenters. The number of aliphatic hydroxyl groups is 1. The summed E-state index contributed by atoms with van der Waals surface area (Å²) in [7, 11) is 0. The summed E-state index contributed by atoms with van der Waals surface area (Å²) in [6, 6.07) is 20.2. The van der Waals surface area contributed by atoms with Gasteiger partial charge in [-0.15, -0.1) is 0 Å². The smallest absolute Gasteiger partial charge is 0.155 e. The van der Waals surface area contributed by atoms with Gasteiger partial charge in [-0.3, -0.25) is 4.68 Å². The number of aliphatic hydroxyl groups excluding tert-OH is 1. The van der Waals surface area contributed by atoms with E-state index in [-0.39, 0.29) is 6.61 Å². The fourth-order valence-corrected chi connectivity index (χ4v) is 3.00. The Labute approximate surface area is 140 Å². The molecule has 2 heterocycles. The molecule has 0 saturated carbocycles. The quantitative estimate of drug-likeness (QED) is 0.615.